The van der Waals surface area contributed by atoms with Gasteiger partial charge in [-0.05, 0) is 33.8 Å². The van der Waals surface area contributed by atoms with Crippen LogP contribution >= 0.6 is 0 Å². The molecule has 0 amide bonds. The topological polar surface area (TPSA) is 57.0 Å². The fourth-order valence-electron chi connectivity index (χ4n) is 2.60. The third kappa shape index (κ3) is 3.02. The molecule has 0 saturated heterocycles. The molecule has 0 bridgehead atoms. The van der Waals surface area contributed by atoms with E-state index in [1.165, 1.54) is 0 Å². The minimum absolute atomic E-state index is 0.148. The fraction of sp³-hybridized carbons (Fsp3) is 0.316. The van der Waals surface area contributed by atoms with Gasteiger partial charge in [-0.3, -0.25) is 0 Å². The van der Waals surface area contributed by atoms with Crippen LogP contribution in [0.4, 0.5) is 0 Å². The maximum Gasteiger partial charge on any atom is 0.339 e. The number of carbonyl (C=O) groups excluding carboxylic acids is 1. The number of hydrogen-bond acceptors (Lipinski definition) is 4. The molecule has 1 aromatic carbocycles. The van der Waals surface area contributed by atoms with Gasteiger partial charge in [0.25, 0.3) is 0 Å². The van der Waals surface area contributed by atoms with Crippen molar-refractivity contribution in [1.82, 2.24) is 14.8 Å². The molecule has 0 unspecified atom stereocenters. The molecule has 2 heterocycles. The van der Waals surface area contributed by atoms with Crippen molar-refractivity contribution >= 4 is 17.0 Å². The smallest absolute Gasteiger partial charge is 0.339 e. The van der Waals surface area contributed by atoms with Gasteiger partial charge in [0.1, 0.15) is 0 Å². The van der Waals surface area contributed by atoms with E-state index < -0.39 is 0 Å². The number of carbonyl (C=O) groups is 1. The van der Waals surface area contributed by atoms with E-state index in [1.54, 1.807) is 12.3 Å². The molecule has 124 valence electrons. The SMILES string of the molecule is CC(C)OC(=O)c1cc(-c2ccccc2)nc2c1cnn2C(C)C. The maximum absolute atomic E-state index is 12.5. The lowest BCUT2D eigenvalue weighted by atomic mass is 10.1. The highest BCUT2D eigenvalue weighted by Gasteiger charge is 2.20. The third-order valence-electron chi connectivity index (χ3n) is 3.69. The lowest BCUT2D eigenvalue weighted by Crippen LogP contribution is -2.13. The Kier molecular flexibility index (Phi) is 4.34. The standard InChI is InChI=1S/C19H21N3O2/c1-12(2)22-18-16(11-20-22)15(19(23)24-13(3)4)10-17(21-18)14-8-6-5-7-9-14/h5-13H,1-4H3. The van der Waals surface area contributed by atoms with E-state index in [4.69, 9.17) is 9.72 Å². The Morgan fingerprint density at radius 1 is 1.12 bits per heavy atom. The van der Waals surface area contributed by atoms with E-state index in [1.807, 2.05) is 62.7 Å². The number of esters is 1. The largest absolute Gasteiger partial charge is 0.459 e. The fourth-order valence-corrected chi connectivity index (χ4v) is 2.60. The van der Waals surface area contributed by atoms with Crippen LogP contribution in [-0.4, -0.2) is 26.8 Å². The van der Waals surface area contributed by atoms with Crippen molar-refractivity contribution in [2.75, 3.05) is 0 Å². The second kappa shape index (κ2) is 6.43. The molecule has 0 atom stereocenters. The van der Waals surface area contributed by atoms with Crippen LogP contribution in [0.5, 0.6) is 0 Å². The molecule has 5 heteroatoms. The van der Waals surface area contributed by atoms with Crippen molar-refractivity contribution < 1.29 is 9.53 Å². The molecule has 2 aromatic heterocycles. The Hall–Kier alpha value is -2.69. The lowest BCUT2D eigenvalue weighted by molar-refractivity contribution is 0.0380. The van der Waals surface area contributed by atoms with Gasteiger partial charge >= 0.3 is 5.97 Å². The van der Waals surface area contributed by atoms with Crippen LogP contribution in [0.2, 0.25) is 0 Å². The molecule has 0 radical (unpaired) electrons. The minimum atomic E-state index is -0.349. The Labute approximate surface area is 141 Å². The number of benzene rings is 1. The number of aromatic nitrogens is 3. The first kappa shape index (κ1) is 16.2. The van der Waals surface area contributed by atoms with Gasteiger partial charge in [-0.1, -0.05) is 30.3 Å². The van der Waals surface area contributed by atoms with Crippen LogP contribution in [0.1, 0.15) is 44.1 Å². The zero-order valence-electron chi connectivity index (χ0n) is 14.4. The molecule has 0 saturated carbocycles. The second-order valence-electron chi connectivity index (χ2n) is 6.30. The van der Waals surface area contributed by atoms with Crippen LogP contribution in [0.25, 0.3) is 22.3 Å². The summed E-state index contributed by atoms with van der Waals surface area (Å²) in [6.45, 7) is 7.75. The molecule has 0 aliphatic heterocycles. The van der Waals surface area contributed by atoms with E-state index in [9.17, 15) is 4.79 Å². The molecule has 0 N–H and O–H groups in total. The number of pyridine rings is 1. The quantitative estimate of drug-likeness (QED) is 0.674. The summed E-state index contributed by atoms with van der Waals surface area (Å²) in [7, 11) is 0. The van der Waals surface area contributed by atoms with Crippen molar-refractivity contribution in [3.63, 3.8) is 0 Å². The highest BCUT2D eigenvalue weighted by Crippen LogP contribution is 2.27. The van der Waals surface area contributed by atoms with Gasteiger partial charge in [0.05, 0.1) is 28.9 Å². The second-order valence-corrected chi connectivity index (χ2v) is 6.30. The average molecular weight is 323 g/mol. The molecule has 0 aliphatic carbocycles. The summed E-state index contributed by atoms with van der Waals surface area (Å²) in [5.41, 5.74) is 2.89. The summed E-state index contributed by atoms with van der Waals surface area (Å²) in [4.78, 5) is 17.3. The Morgan fingerprint density at radius 2 is 1.83 bits per heavy atom. The lowest BCUT2D eigenvalue weighted by Gasteiger charge is -2.12. The number of fused-ring (bicyclic) bond motifs is 1. The van der Waals surface area contributed by atoms with Crippen molar-refractivity contribution in [2.45, 2.75) is 39.8 Å². The molecule has 0 spiro atoms. The van der Waals surface area contributed by atoms with Crippen molar-refractivity contribution in [3.05, 3.63) is 48.2 Å². The van der Waals surface area contributed by atoms with Crippen LogP contribution in [-0.2, 0) is 4.74 Å². The molecule has 24 heavy (non-hydrogen) atoms. The highest BCUT2D eigenvalue weighted by molar-refractivity contribution is 6.03. The molecule has 3 aromatic rings. The average Bonchev–Trinajstić information content (AvgIpc) is 2.98. The number of nitrogens with zero attached hydrogens (tertiary/aromatic N) is 3. The molecular formula is C19H21N3O2. The zero-order valence-corrected chi connectivity index (χ0v) is 14.4. The molecular weight excluding hydrogens is 302 g/mol. The molecule has 3 rings (SSSR count). The van der Waals surface area contributed by atoms with E-state index >= 15 is 0 Å². The maximum atomic E-state index is 12.5. The van der Waals surface area contributed by atoms with Gasteiger partial charge in [-0.15, -0.1) is 0 Å². The summed E-state index contributed by atoms with van der Waals surface area (Å²) >= 11 is 0. The van der Waals surface area contributed by atoms with Crippen LogP contribution in [0.3, 0.4) is 0 Å². The summed E-state index contributed by atoms with van der Waals surface area (Å²) in [5, 5.41) is 5.11. The Bertz CT molecular complexity index is 867. The summed E-state index contributed by atoms with van der Waals surface area (Å²) < 4.78 is 7.23. The highest BCUT2D eigenvalue weighted by atomic mass is 16.5. The molecule has 0 aliphatic rings. The van der Waals surface area contributed by atoms with Crippen LogP contribution in [0.15, 0.2) is 42.6 Å². The van der Waals surface area contributed by atoms with Crippen LogP contribution in [0, 0.1) is 0 Å². The first-order valence-electron chi connectivity index (χ1n) is 8.12. The number of ether oxygens (including phenoxy) is 1. The van der Waals surface area contributed by atoms with Crippen molar-refractivity contribution in [3.8, 4) is 11.3 Å². The van der Waals surface area contributed by atoms with Crippen molar-refractivity contribution in [2.24, 2.45) is 0 Å². The zero-order chi connectivity index (χ0) is 17.3. The molecule has 0 fully saturated rings. The monoisotopic (exact) mass is 323 g/mol. The summed E-state index contributed by atoms with van der Waals surface area (Å²) in [6, 6.07) is 11.7. The van der Waals surface area contributed by atoms with Gasteiger partial charge in [0.15, 0.2) is 5.65 Å². The summed E-state index contributed by atoms with van der Waals surface area (Å²) in [5.74, 6) is -0.349. The van der Waals surface area contributed by atoms with Gasteiger partial charge in [-0.25, -0.2) is 14.5 Å². The number of hydrogen-bond donors (Lipinski definition) is 0. The van der Waals surface area contributed by atoms with E-state index in [0.717, 1.165) is 11.3 Å². The minimum Gasteiger partial charge on any atom is -0.459 e. The third-order valence-corrected chi connectivity index (χ3v) is 3.69. The Morgan fingerprint density at radius 3 is 2.46 bits per heavy atom. The predicted octanol–water partition coefficient (Wildman–Crippen LogP) is 4.24. The normalized spacial score (nSPS) is 11.4. The van der Waals surface area contributed by atoms with Gasteiger partial charge in [-0.2, -0.15) is 5.10 Å². The van der Waals surface area contributed by atoms with Gasteiger partial charge in [0, 0.05) is 11.6 Å². The predicted molar refractivity (Wildman–Crippen MR) is 93.9 cm³/mol. The van der Waals surface area contributed by atoms with Gasteiger partial charge in [0.2, 0.25) is 0 Å². The van der Waals surface area contributed by atoms with E-state index in [0.29, 0.717) is 16.6 Å². The number of rotatable bonds is 4. The van der Waals surface area contributed by atoms with E-state index in [-0.39, 0.29) is 18.1 Å². The van der Waals surface area contributed by atoms with Crippen LogP contribution < -0.4 is 0 Å². The van der Waals surface area contributed by atoms with Gasteiger partial charge < -0.3 is 4.74 Å². The van der Waals surface area contributed by atoms with Crippen molar-refractivity contribution in [1.29, 1.82) is 0 Å². The first-order valence-corrected chi connectivity index (χ1v) is 8.12. The Balaban J connectivity index is 2.23. The first-order chi connectivity index (χ1) is 11.5. The van der Waals surface area contributed by atoms with E-state index in [2.05, 4.69) is 5.10 Å². The molecule has 5 nitrogen and oxygen atoms in total. The summed E-state index contributed by atoms with van der Waals surface area (Å²) in [6.07, 6.45) is 1.51.